The number of anilines is 2. The van der Waals surface area contributed by atoms with E-state index in [1.54, 1.807) is 12.1 Å². The van der Waals surface area contributed by atoms with Crippen molar-refractivity contribution in [1.29, 1.82) is 0 Å². The van der Waals surface area contributed by atoms with Gasteiger partial charge in [-0.2, -0.15) is 0 Å². The van der Waals surface area contributed by atoms with Gasteiger partial charge in [-0.15, -0.1) is 0 Å². The van der Waals surface area contributed by atoms with Crippen LogP contribution in [0.25, 0.3) is 0 Å². The van der Waals surface area contributed by atoms with Gasteiger partial charge in [-0.05, 0) is 31.9 Å². The van der Waals surface area contributed by atoms with Crippen LogP contribution in [0.15, 0.2) is 18.2 Å². The van der Waals surface area contributed by atoms with E-state index in [0.29, 0.717) is 23.9 Å². The van der Waals surface area contributed by atoms with Gasteiger partial charge < -0.3 is 15.8 Å². The maximum Gasteiger partial charge on any atom is 0.340 e. The second-order valence-corrected chi connectivity index (χ2v) is 5.32. The summed E-state index contributed by atoms with van der Waals surface area (Å²) in [6.07, 6.45) is 7.34. The number of nitrogens with one attached hydrogen (secondary N) is 1. The van der Waals surface area contributed by atoms with E-state index in [9.17, 15) is 4.79 Å². The van der Waals surface area contributed by atoms with Crippen molar-refractivity contribution in [3.63, 3.8) is 0 Å². The van der Waals surface area contributed by atoms with Crippen LogP contribution in [0.3, 0.4) is 0 Å². The predicted molar refractivity (Wildman–Crippen MR) is 81.9 cm³/mol. The number of hydrogen-bond donors (Lipinski definition) is 2. The summed E-state index contributed by atoms with van der Waals surface area (Å²) in [5.41, 5.74) is 7.92. The monoisotopic (exact) mass is 276 g/mol. The summed E-state index contributed by atoms with van der Waals surface area (Å²) < 4.78 is 5.10. The van der Waals surface area contributed by atoms with Crippen LogP contribution in [0.1, 0.15) is 55.8 Å². The molecule has 0 bridgehead atoms. The van der Waals surface area contributed by atoms with Gasteiger partial charge in [-0.25, -0.2) is 4.79 Å². The third-order valence-electron chi connectivity index (χ3n) is 3.80. The molecule has 110 valence electrons. The SMILES string of the molecule is CCOC(=O)c1cccc(N)c1NC1CCCCCC1. The van der Waals surface area contributed by atoms with Gasteiger partial charge in [-0.1, -0.05) is 31.7 Å². The summed E-state index contributed by atoms with van der Waals surface area (Å²) in [6, 6.07) is 5.78. The van der Waals surface area contributed by atoms with E-state index >= 15 is 0 Å². The number of ether oxygens (including phenoxy) is 1. The van der Waals surface area contributed by atoms with Crippen molar-refractivity contribution in [2.24, 2.45) is 0 Å². The lowest BCUT2D eigenvalue weighted by molar-refractivity contribution is 0.0527. The first-order chi connectivity index (χ1) is 9.72. The molecule has 4 nitrogen and oxygen atoms in total. The van der Waals surface area contributed by atoms with Crippen molar-refractivity contribution in [3.05, 3.63) is 23.8 Å². The van der Waals surface area contributed by atoms with Crippen LogP contribution in [-0.2, 0) is 4.74 Å². The first kappa shape index (κ1) is 14.7. The Bertz CT molecular complexity index is 452. The number of para-hydroxylation sites is 1. The molecule has 20 heavy (non-hydrogen) atoms. The Balaban J connectivity index is 2.18. The van der Waals surface area contributed by atoms with Gasteiger partial charge in [0.05, 0.1) is 23.5 Å². The zero-order valence-corrected chi connectivity index (χ0v) is 12.2. The van der Waals surface area contributed by atoms with Crippen LogP contribution in [0.2, 0.25) is 0 Å². The fourth-order valence-corrected chi connectivity index (χ4v) is 2.74. The van der Waals surface area contributed by atoms with Crippen molar-refractivity contribution in [3.8, 4) is 0 Å². The van der Waals surface area contributed by atoms with E-state index in [2.05, 4.69) is 5.32 Å². The summed E-state index contributed by atoms with van der Waals surface area (Å²) in [7, 11) is 0. The van der Waals surface area contributed by atoms with E-state index < -0.39 is 0 Å². The highest BCUT2D eigenvalue weighted by molar-refractivity contribution is 5.98. The summed E-state index contributed by atoms with van der Waals surface area (Å²) in [5, 5.41) is 3.47. The van der Waals surface area contributed by atoms with E-state index in [1.807, 2.05) is 13.0 Å². The van der Waals surface area contributed by atoms with Crippen LogP contribution in [0.5, 0.6) is 0 Å². The first-order valence-electron chi connectivity index (χ1n) is 7.54. The molecule has 3 N–H and O–H groups in total. The molecule has 0 unspecified atom stereocenters. The minimum atomic E-state index is -0.309. The summed E-state index contributed by atoms with van der Waals surface area (Å²) >= 11 is 0. The molecule has 1 aromatic carbocycles. The number of carbonyl (C=O) groups excluding carboxylic acids is 1. The van der Waals surface area contributed by atoms with Crippen molar-refractivity contribution < 1.29 is 9.53 Å². The molecule has 2 rings (SSSR count). The minimum Gasteiger partial charge on any atom is -0.462 e. The fraction of sp³-hybridized carbons (Fsp3) is 0.562. The van der Waals surface area contributed by atoms with Crippen LogP contribution in [0.4, 0.5) is 11.4 Å². The van der Waals surface area contributed by atoms with Crippen molar-refractivity contribution in [2.75, 3.05) is 17.7 Å². The Labute approximate surface area is 120 Å². The van der Waals surface area contributed by atoms with Crippen molar-refractivity contribution in [2.45, 2.75) is 51.5 Å². The number of esters is 1. The highest BCUT2D eigenvalue weighted by atomic mass is 16.5. The molecule has 0 heterocycles. The lowest BCUT2D eigenvalue weighted by Gasteiger charge is -2.21. The zero-order valence-electron chi connectivity index (χ0n) is 12.2. The van der Waals surface area contributed by atoms with E-state index in [0.717, 1.165) is 18.5 Å². The second kappa shape index (κ2) is 7.17. The first-order valence-corrected chi connectivity index (χ1v) is 7.54. The fourth-order valence-electron chi connectivity index (χ4n) is 2.74. The van der Waals surface area contributed by atoms with Crippen LogP contribution in [-0.4, -0.2) is 18.6 Å². The number of rotatable bonds is 4. The topological polar surface area (TPSA) is 64.3 Å². The lowest BCUT2D eigenvalue weighted by atomic mass is 10.1. The Morgan fingerprint density at radius 1 is 1.30 bits per heavy atom. The molecule has 1 aliphatic carbocycles. The average Bonchev–Trinajstić information content (AvgIpc) is 2.70. The van der Waals surface area contributed by atoms with Crippen molar-refractivity contribution in [1.82, 2.24) is 0 Å². The highest BCUT2D eigenvalue weighted by Gasteiger charge is 2.19. The molecule has 0 amide bonds. The molecule has 0 radical (unpaired) electrons. The minimum absolute atomic E-state index is 0.309. The standard InChI is InChI=1S/C16H24N2O2/c1-2-20-16(19)13-10-7-11-14(17)15(13)18-12-8-5-3-4-6-9-12/h7,10-12,18H,2-6,8-9,17H2,1H3. The number of nitrogens with two attached hydrogens (primary N) is 1. The zero-order chi connectivity index (χ0) is 14.4. The van der Waals surface area contributed by atoms with Gasteiger partial charge in [0.2, 0.25) is 0 Å². The Morgan fingerprint density at radius 3 is 2.65 bits per heavy atom. The van der Waals surface area contributed by atoms with Gasteiger partial charge in [0.25, 0.3) is 0 Å². The number of benzene rings is 1. The van der Waals surface area contributed by atoms with Gasteiger partial charge in [0, 0.05) is 6.04 Å². The molecule has 0 spiro atoms. The van der Waals surface area contributed by atoms with Gasteiger partial charge in [-0.3, -0.25) is 0 Å². The van der Waals surface area contributed by atoms with Gasteiger partial charge >= 0.3 is 5.97 Å². The number of hydrogen-bond acceptors (Lipinski definition) is 4. The summed E-state index contributed by atoms with van der Waals surface area (Å²) in [6.45, 7) is 2.18. The summed E-state index contributed by atoms with van der Waals surface area (Å²) in [5.74, 6) is -0.309. The molecule has 0 atom stereocenters. The van der Waals surface area contributed by atoms with E-state index in [4.69, 9.17) is 10.5 Å². The Kier molecular flexibility index (Phi) is 5.27. The van der Waals surface area contributed by atoms with E-state index in [-0.39, 0.29) is 5.97 Å². The number of nitrogen functional groups attached to an aromatic ring is 1. The molecule has 1 fully saturated rings. The lowest BCUT2D eigenvalue weighted by Crippen LogP contribution is -2.21. The van der Waals surface area contributed by atoms with Crippen LogP contribution >= 0.6 is 0 Å². The Morgan fingerprint density at radius 2 is 2.00 bits per heavy atom. The molecule has 1 aromatic rings. The Hall–Kier alpha value is -1.71. The van der Waals surface area contributed by atoms with Crippen LogP contribution in [0, 0.1) is 0 Å². The third kappa shape index (κ3) is 3.65. The maximum atomic E-state index is 12.0. The largest absolute Gasteiger partial charge is 0.462 e. The molecule has 1 aliphatic rings. The molecular formula is C16H24N2O2. The molecule has 4 heteroatoms. The third-order valence-corrected chi connectivity index (χ3v) is 3.80. The van der Waals surface area contributed by atoms with Crippen molar-refractivity contribution >= 4 is 17.3 Å². The smallest absolute Gasteiger partial charge is 0.340 e. The van der Waals surface area contributed by atoms with Gasteiger partial charge in [0.1, 0.15) is 0 Å². The normalized spacial score (nSPS) is 16.4. The molecule has 0 aromatic heterocycles. The van der Waals surface area contributed by atoms with Crippen LogP contribution < -0.4 is 11.1 Å². The average molecular weight is 276 g/mol. The predicted octanol–water partition coefficient (Wildman–Crippen LogP) is 3.58. The molecule has 1 saturated carbocycles. The number of carbonyl (C=O) groups is 1. The quantitative estimate of drug-likeness (QED) is 0.501. The molecule has 0 saturated heterocycles. The highest BCUT2D eigenvalue weighted by Crippen LogP contribution is 2.28. The maximum absolute atomic E-state index is 12.0. The van der Waals surface area contributed by atoms with Gasteiger partial charge in [0.15, 0.2) is 0 Å². The molecular weight excluding hydrogens is 252 g/mol. The van der Waals surface area contributed by atoms with E-state index in [1.165, 1.54) is 25.7 Å². The molecule has 0 aliphatic heterocycles. The summed E-state index contributed by atoms with van der Waals surface area (Å²) in [4.78, 5) is 12.0. The second-order valence-electron chi connectivity index (χ2n) is 5.32.